The first-order valence-corrected chi connectivity index (χ1v) is 7.53. The molecule has 20 heavy (non-hydrogen) atoms. The van der Waals surface area contributed by atoms with E-state index >= 15 is 0 Å². The number of esters is 1. The van der Waals surface area contributed by atoms with E-state index < -0.39 is 11.2 Å². The Hall–Kier alpha value is -0.940. The minimum Gasteiger partial charge on any atom is -0.464 e. The van der Waals surface area contributed by atoms with E-state index in [4.69, 9.17) is 9.47 Å². The molecule has 0 spiro atoms. The summed E-state index contributed by atoms with van der Waals surface area (Å²) in [5, 5.41) is 0. The lowest BCUT2D eigenvalue weighted by atomic mass is 9.84. The SMILES string of the molecule is CCCC1(C(=O)OCC)OC1(C)c1ccc(F)cc1Br. The van der Waals surface area contributed by atoms with Gasteiger partial charge in [0.25, 0.3) is 0 Å². The number of hydrogen-bond acceptors (Lipinski definition) is 3. The first-order chi connectivity index (χ1) is 9.41. The number of benzene rings is 1. The molecule has 0 amide bonds. The van der Waals surface area contributed by atoms with Crippen molar-refractivity contribution in [3.8, 4) is 0 Å². The second kappa shape index (κ2) is 5.45. The van der Waals surface area contributed by atoms with Crippen molar-refractivity contribution < 1.29 is 18.7 Å². The van der Waals surface area contributed by atoms with Gasteiger partial charge in [0.15, 0.2) is 5.60 Å². The Kier molecular flexibility index (Phi) is 4.21. The molecule has 110 valence electrons. The van der Waals surface area contributed by atoms with E-state index in [-0.39, 0.29) is 11.8 Å². The minimum absolute atomic E-state index is 0.314. The fraction of sp³-hybridized carbons (Fsp3) is 0.533. The zero-order chi connectivity index (χ0) is 15.0. The van der Waals surface area contributed by atoms with Gasteiger partial charge in [-0.05, 0) is 32.4 Å². The smallest absolute Gasteiger partial charge is 0.341 e. The second-order valence-electron chi connectivity index (χ2n) is 5.06. The molecule has 3 nitrogen and oxygen atoms in total. The van der Waals surface area contributed by atoms with Crippen LogP contribution in [0.1, 0.15) is 39.2 Å². The number of halogens is 2. The van der Waals surface area contributed by atoms with Crippen molar-refractivity contribution in [2.45, 2.75) is 44.8 Å². The van der Waals surface area contributed by atoms with Crippen LogP contribution in [0.15, 0.2) is 22.7 Å². The van der Waals surface area contributed by atoms with Crippen molar-refractivity contribution in [2.24, 2.45) is 0 Å². The fourth-order valence-corrected chi connectivity index (χ4v) is 3.43. The molecule has 5 heteroatoms. The van der Waals surface area contributed by atoms with Gasteiger partial charge in [-0.15, -0.1) is 0 Å². The van der Waals surface area contributed by atoms with E-state index in [0.29, 0.717) is 17.5 Å². The highest BCUT2D eigenvalue weighted by atomic mass is 79.9. The molecule has 1 aromatic carbocycles. The molecule has 0 radical (unpaired) electrons. The molecule has 2 unspecified atom stereocenters. The lowest BCUT2D eigenvalue weighted by Crippen LogP contribution is -2.33. The molecule has 0 N–H and O–H groups in total. The number of rotatable bonds is 5. The van der Waals surface area contributed by atoms with Crippen molar-refractivity contribution in [2.75, 3.05) is 6.61 Å². The van der Waals surface area contributed by atoms with Crippen molar-refractivity contribution in [1.29, 1.82) is 0 Å². The third-order valence-electron chi connectivity index (χ3n) is 3.76. The molecule has 1 fully saturated rings. The van der Waals surface area contributed by atoms with Crippen LogP contribution in [0.5, 0.6) is 0 Å². The predicted molar refractivity (Wildman–Crippen MR) is 76.8 cm³/mol. The lowest BCUT2D eigenvalue weighted by molar-refractivity contribution is -0.149. The van der Waals surface area contributed by atoms with Gasteiger partial charge in [-0.3, -0.25) is 0 Å². The molecule has 0 aromatic heterocycles. The molecule has 2 rings (SSSR count). The standard InChI is InChI=1S/C15H18BrFO3/c1-4-8-15(13(18)19-5-2)14(3,20-15)11-7-6-10(17)9-12(11)16/h6-7,9H,4-5,8H2,1-3H3. The average Bonchev–Trinajstić information content (AvgIpc) is 2.97. The monoisotopic (exact) mass is 344 g/mol. The minimum atomic E-state index is -0.960. The molecule has 0 bridgehead atoms. The number of carbonyl (C=O) groups is 1. The summed E-state index contributed by atoms with van der Waals surface area (Å²) >= 11 is 3.34. The quantitative estimate of drug-likeness (QED) is 0.599. The van der Waals surface area contributed by atoms with E-state index in [1.54, 1.807) is 13.0 Å². The topological polar surface area (TPSA) is 38.8 Å². The van der Waals surface area contributed by atoms with Crippen LogP contribution in [0.3, 0.4) is 0 Å². The first kappa shape index (κ1) is 15.4. The summed E-state index contributed by atoms with van der Waals surface area (Å²) in [6.45, 7) is 5.92. The van der Waals surface area contributed by atoms with Crippen LogP contribution in [-0.2, 0) is 19.9 Å². The van der Waals surface area contributed by atoms with Gasteiger partial charge in [0.2, 0.25) is 0 Å². The van der Waals surface area contributed by atoms with Crippen LogP contribution < -0.4 is 0 Å². The molecular weight excluding hydrogens is 327 g/mol. The zero-order valence-electron chi connectivity index (χ0n) is 11.8. The van der Waals surface area contributed by atoms with E-state index in [0.717, 1.165) is 12.0 Å². The fourth-order valence-electron chi connectivity index (χ4n) is 2.70. The van der Waals surface area contributed by atoms with Gasteiger partial charge < -0.3 is 9.47 Å². The summed E-state index contributed by atoms with van der Waals surface area (Å²) in [6.07, 6.45) is 1.37. The van der Waals surface area contributed by atoms with Gasteiger partial charge >= 0.3 is 5.97 Å². The highest BCUT2D eigenvalue weighted by molar-refractivity contribution is 9.10. The first-order valence-electron chi connectivity index (χ1n) is 6.74. The third kappa shape index (κ3) is 2.27. The lowest BCUT2D eigenvalue weighted by Gasteiger charge is -2.16. The number of ether oxygens (including phenoxy) is 2. The molecule has 1 saturated heterocycles. The van der Waals surface area contributed by atoms with Gasteiger partial charge in [0.05, 0.1) is 6.61 Å². The predicted octanol–water partition coefficient (Wildman–Crippen LogP) is 3.94. The Labute approximate surface area is 126 Å². The van der Waals surface area contributed by atoms with E-state index in [1.807, 2.05) is 13.8 Å². The highest BCUT2D eigenvalue weighted by Crippen LogP contribution is 2.60. The normalized spacial score (nSPS) is 28.2. The maximum Gasteiger partial charge on any atom is 0.341 e. The largest absolute Gasteiger partial charge is 0.464 e. The molecule has 1 aromatic rings. The Morgan fingerprint density at radius 1 is 1.45 bits per heavy atom. The zero-order valence-corrected chi connectivity index (χ0v) is 13.4. The van der Waals surface area contributed by atoms with Crippen LogP contribution in [0.2, 0.25) is 0 Å². The van der Waals surface area contributed by atoms with Gasteiger partial charge in [0, 0.05) is 10.0 Å². The molecule has 0 saturated carbocycles. The molecule has 1 heterocycles. The van der Waals surface area contributed by atoms with E-state index in [9.17, 15) is 9.18 Å². The van der Waals surface area contributed by atoms with Crippen molar-refractivity contribution in [1.82, 2.24) is 0 Å². The maximum absolute atomic E-state index is 13.2. The van der Waals surface area contributed by atoms with Crippen LogP contribution in [0.4, 0.5) is 4.39 Å². The van der Waals surface area contributed by atoms with Crippen LogP contribution in [-0.4, -0.2) is 18.2 Å². The Bertz CT molecular complexity index is 534. The summed E-state index contributed by atoms with van der Waals surface area (Å²) in [4.78, 5) is 12.2. The van der Waals surface area contributed by atoms with Gasteiger partial charge in [-0.2, -0.15) is 0 Å². The Morgan fingerprint density at radius 3 is 2.70 bits per heavy atom. The van der Waals surface area contributed by atoms with E-state index in [1.165, 1.54) is 12.1 Å². The third-order valence-corrected chi connectivity index (χ3v) is 4.42. The number of hydrogen-bond donors (Lipinski definition) is 0. The van der Waals surface area contributed by atoms with Gasteiger partial charge in [-0.1, -0.05) is 35.3 Å². The van der Waals surface area contributed by atoms with Crippen LogP contribution in [0, 0.1) is 5.82 Å². The Morgan fingerprint density at radius 2 is 2.15 bits per heavy atom. The molecule has 0 aliphatic carbocycles. The van der Waals surface area contributed by atoms with Gasteiger partial charge in [0.1, 0.15) is 11.4 Å². The number of carbonyl (C=O) groups excluding carboxylic acids is 1. The summed E-state index contributed by atoms with van der Waals surface area (Å²) < 4.78 is 24.8. The van der Waals surface area contributed by atoms with Crippen molar-refractivity contribution >= 4 is 21.9 Å². The summed E-state index contributed by atoms with van der Waals surface area (Å²) in [6, 6.07) is 4.40. The van der Waals surface area contributed by atoms with Crippen molar-refractivity contribution in [3.63, 3.8) is 0 Å². The second-order valence-corrected chi connectivity index (χ2v) is 5.91. The molecule has 2 atom stereocenters. The number of epoxide rings is 1. The van der Waals surface area contributed by atoms with Gasteiger partial charge in [-0.25, -0.2) is 9.18 Å². The molecule has 1 aliphatic heterocycles. The summed E-state index contributed by atoms with van der Waals surface area (Å²) in [5.41, 5.74) is -0.972. The summed E-state index contributed by atoms with van der Waals surface area (Å²) in [5.74, 6) is -0.678. The Balaban J connectivity index is 2.38. The average molecular weight is 345 g/mol. The maximum atomic E-state index is 13.2. The van der Waals surface area contributed by atoms with E-state index in [2.05, 4.69) is 15.9 Å². The summed E-state index contributed by atoms with van der Waals surface area (Å²) in [7, 11) is 0. The van der Waals surface area contributed by atoms with Crippen LogP contribution >= 0.6 is 15.9 Å². The van der Waals surface area contributed by atoms with Crippen molar-refractivity contribution in [3.05, 3.63) is 34.1 Å². The molecular formula is C15H18BrFO3. The molecule has 1 aliphatic rings. The van der Waals surface area contributed by atoms with Crippen LogP contribution in [0.25, 0.3) is 0 Å². The highest BCUT2D eigenvalue weighted by Gasteiger charge is 2.73.